The van der Waals surface area contributed by atoms with Crippen LogP contribution in [0.4, 0.5) is 10.1 Å². The Hall–Kier alpha value is -2.71. The zero-order valence-electron chi connectivity index (χ0n) is 13.2. The summed E-state index contributed by atoms with van der Waals surface area (Å²) in [6.45, 7) is 1.81. The third-order valence-corrected chi connectivity index (χ3v) is 4.36. The van der Waals surface area contributed by atoms with E-state index in [1.807, 2.05) is 23.8 Å². The lowest BCUT2D eigenvalue weighted by molar-refractivity contribution is 0.551. The third kappa shape index (κ3) is 3.70. The van der Waals surface area contributed by atoms with Gasteiger partial charge in [-0.2, -0.15) is 8.42 Å². The van der Waals surface area contributed by atoms with Crippen molar-refractivity contribution in [2.75, 3.05) is 4.72 Å². The van der Waals surface area contributed by atoms with Gasteiger partial charge in [-0.05, 0) is 36.2 Å². The van der Waals surface area contributed by atoms with E-state index in [4.69, 9.17) is 9.56 Å². The van der Waals surface area contributed by atoms with Crippen LogP contribution in [0.3, 0.4) is 0 Å². The minimum Gasteiger partial charge on any atom is -0.423 e. The number of nitrogens with two attached hydrogens (primary N) is 1. The van der Waals surface area contributed by atoms with Crippen LogP contribution in [-0.4, -0.2) is 8.42 Å². The van der Waals surface area contributed by atoms with Crippen LogP contribution in [0.1, 0.15) is 16.7 Å². The number of aryl methyl sites for hydroxylation is 1. The molecule has 0 atom stereocenters. The Morgan fingerprint density at radius 2 is 1.92 bits per heavy atom. The molecule has 0 unspecified atom stereocenters. The SMILES string of the molecule is Cc1c(Cc2ccc(F)c(NS(N)(=O)=O)c2)c(=O)oc2ccccc12. The number of rotatable bonds is 4. The molecule has 2 aromatic carbocycles. The predicted molar refractivity (Wildman–Crippen MR) is 93.2 cm³/mol. The average Bonchev–Trinajstić information content (AvgIpc) is 2.53. The summed E-state index contributed by atoms with van der Waals surface area (Å²) < 4.78 is 43.2. The van der Waals surface area contributed by atoms with Crippen molar-refractivity contribution in [2.45, 2.75) is 13.3 Å². The molecular formula is C17H15FN2O4S. The summed E-state index contributed by atoms with van der Waals surface area (Å²) in [5.74, 6) is -0.764. The van der Waals surface area contributed by atoms with Crippen molar-refractivity contribution in [1.82, 2.24) is 0 Å². The second kappa shape index (κ2) is 6.30. The van der Waals surface area contributed by atoms with Crippen LogP contribution in [0.25, 0.3) is 11.0 Å². The molecule has 3 rings (SSSR count). The first-order chi connectivity index (χ1) is 11.7. The smallest absolute Gasteiger partial charge is 0.340 e. The van der Waals surface area contributed by atoms with Gasteiger partial charge in [-0.1, -0.05) is 24.3 Å². The molecule has 3 aromatic rings. The number of para-hydroxylation sites is 1. The van der Waals surface area contributed by atoms with E-state index in [2.05, 4.69) is 0 Å². The number of benzene rings is 2. The largest absolute Gasteiger partial charge is 0.423 e. The second-order valence-electron chi connectivity index (χ2n) is 5.63. The fraction of sp³-hybridized carbons (Fsp3) is 0.118. The fourth-order valence-corrected chi connectivity index (χ4v) is 3.13. The Labute approximate surface area is 143 Å². The lowest BCUT2D eigenvalue weighted by atomic mass is 9.99. The summed E-state index contributed by atoms with van der Waals surface area (Å²) in [7, 11) is -4.10. The van der Waals surface area contributed by atoms with Crippen molar-refractivity contribution in [3.63, 3.8) is 0 Å². The summed E-state index contributed by atoms with van der Waals surface area (Å²) in [5.41, 5.74) is 1.45. The van der Waals surface area contributed by atoms with E-state index in [0.717, 1.165) is 17.0 Å². The van der Waals surface area contributed by atoms with Crippen LogP contribution in [0.15, 0.2) is 51.7 Å². The van der Waals surface area contributed by atoms with Crippen LogP contribution in [0.2, 0.25) is 0 Å². The molecule has 0 aliphatic carbocycles. The van der Waals surface area contributed by atoms with Gasteiger partial charge >= 0.3 is 5.63 Å². The summed E-state index contributed by atoms with van der Waals surface area (Å²) in [4.78, 5) is 12.3. The van der Waals surface area contributed by atoms with E-state index in [0.29, 0.717) is 16.7 Å². The molecular weight excluding hydrogens is 347 g/mol. The lowest BCUT2D eigenvalue weighted by Gasteiger charge is -2.10. The molecule has 130 valence electrons. The Kier molecular flexibility index (Phi) is 4.32. The number of hydrogen-bond acceptors (Lipinski definition) is 4. The highest BCUT2D eigenvalue weighted by atomic mass is 32.2. The van der Waals surface area contributed by atoms with Crippen LogP contribution in [0, 0.1) is 12.7 Å². The fourth-order valence-electron chi connectivity index (χ4n) is 2.67. The molecule has 0 fully saturated rings. The minimum absolute atomic E-state index is 0.165. The molecule has 0 amide bonds. The number of anilines is 1. The topological polar surface area (TPSA) is 102 Å². The second-order valence-corrected chi connectivity index (χ2v) is 6.92. The first-order valence-electron chi connectivity index (χ1n) is 7.35. The maximum Gasteiger partial charge on any atom is 0.340 e. The maximum atomic E-state index is 13.7. The van der Waals surface area contributed by atoms with Crippen LogP contribution < -0.4 is 15.5 Å². The molecule has 3 N–H and O–H groups in total. The van der Waals surface area contributed by atoms with Crippen LogP contribution >= 0.6 is 0 Å². The Morgan fingerprint density at radius 1 is 1.20 bits per heavy atom. The molecule has 0 spiro atoms. The molecule has 0 bridgehead atoms. The van der Waals surface area contributed by atoms with Gasteiger partial charge in [0.1, 0.15) is 11.4 Å². The van der Waals surface area contributed by atoms with Crippen LogP contribution in [0.5, 0.6) is 0 Å². The molecule has 0 saturated carbocycles. The summed E-state index contributed by atoms with van der Waals surface area (Å²) in [6, 6.07) is 11.0. The predicted octanol–water partition coefficient (Wildman–Crippen LogP) is 2.45. The average molecular weight is 362 g/mol. The molecule has 6 nitrogen and oxygen atoms in total. The minimum atomic E-state index is -4.10. The number of hydrogen-bond donors (Lipinski definition) is 2. The van der Waals surface area contributed by atoms with Crippen molar-refractivity contribution >= 4 is 26.9 Å². The quantitative estimate of drug-likeness (QED) is 0.696. The van der Waals surface area contributed by atoms with Crippen molar-refractivity contribution in [1.29, 1.82) is 0 Å². The highest BCUT2D eigenvalue weighted by molar-refractivity contribution is 7.90. The zero-order chi connectivity index (χ0) is 18.2. The number of halogens is 1. The van der Waals surface area contributed by atoms with Crippen molar-refractivity contribution in [2.24, 2.45) is 5.14 Å². The van der Waals surface area contributed by atoms with Gasteiger partial charge in [0.15, 0.2) is 0 Å². The van der Waals surface area contributed by atoms with E-state index in [1.165, 1.54) is 12.1 Å². The van der Waals surface area contributed by atoms with E-state index in [1.54, 1.807) is 12.1 Å². The van der Waals surface area contributed by atoms with E-state index < -0.39 is 21.7 Å². The molecule has 8 heteroatoms. The Bertz CT molecular complexity index is 1120. The normalized spacial score (nSPS) is 11.6. The lowest BCUT2D eigenvalue weighted by Crippen LogP contribution is -2.22. The first kappa shape index (κ1) is 17.1. The van der Waals surface area contributed by atoms with Gasteiger partial charge in [-0.3, -0.25) is 4.72 Å². The van der Waals surface area contributed by atoms with Crippen molar-refractivity contribution in [3.8, 4) is 0 Å². The molecule has 0 aliphatic rings. The van der Waals surface area contributed by atoms with Gasteiger partial charge in [0.05, 0.1) is 5.69 Å². The van der Waals surface area contributed by atoms with Crippen molar-refractivity contribution in [3.05, 3.63) is 75.4 Å². The Morgan fingerprint density at radius 3 is 2.64 bits per heavy atom. The van der Waals surface area contributed by atoms with E-state index in [9.17, 15) is 17.6 Å². The molecule has 0 saturated heterocycles. The molecule has 25 heavy (non-hydrogen) atoms. The first-order valence-corrected chi connectivity index (χ1v) is 8.89. The highest BCUT2D eigenvalue weighted by Crippen LogP contribution is 2.23. The monoisotopic (exact) mass is 362 g/mol. The van der Waals surface area contributed by atoms with E-state index >= 15 is 0 Å². The molecule has 1 aromatic heterocycles. The van der Waals surface area contributed by atoms with Crippen LogP contribution in [-0.2, 0) is 16.6 Å². The van der Waals surface area contributed by atoms with Crippen molar-refractivity contribution < 1.29 is 17.2 Å². The zero-order valence-corrected chi connectivity index (χ0v) is 14.1. The third-order valence-electron chi connectivity index (χ3n) is 3.86. The Balaban J connectivity index is 2.05. The van der Waals surface area contributed by atoms with Gasteiger partial charge in [-0.25, -0.2) is 14.3 Å². The van der Waals surface area contributed by atoms with Gasteiger partial charge in [0, 0.05) is 17.4 Å². The number of fused-ring (bicyclic) bond motifs is 1. The summed E-state index contributed by atoms with van der Waals surface area (Å²) in [6.07, 6.45) is 0.165. The maximum absolute atomic E-state index is 13.7. The standard InChI is InChI=1S/C17H15FN2O4S/c1-10-12-4-2-3-5-16(12)24-17(21)13(10)8-11-6-7-14(18)15(9-11)20-25(19,22)23/h2-7,9,20H,8H2,1H3,(H2,19,22,23). The molecule has 1 heterocycles. The van der Waals surface area contributed by atoms with Gasteiger partial charge in [0.2, 0.25) is 0 Å². The molecule has 0 radical (unpaired) electrons. The van der Waals surface area contributed by atoms with Gasteiger partial charge < -0.3 is 4.42 Å². The van der Waals surface area contributed by atoms with Gasteiger partial charge in [0.25, 0.3) is 10.2 Å². The summed E-state index contributed by atoms with van der Waals surface area (Å²) in [5, 5.41) is 5.69. The highest BCUT2D eigenvalue weighted by Gasteiger charge is 2.14. The van der Waals surface area contributed by atoms with Gasteiger partial charge in [-0.15, -0.1) is 0 Å². The summed E-state index contributed by atoms with van der Waals surface area (Å²) >= 11 is 0. The molecule has 0 aliphatic heterocycles. The van der Waals surface area contributed by atoms with E-state index in [-0.39, 0.29) is 12.1 Å². The number of nitrogens with one attached hydrogen (secondary N) is 1.